The second-order valence-corrected chi connectivity index (χ2v) is 10.0. The van der Waals surface area contributed by atoms with E-state index in [4.69, 9.17) is 15.6 Å². The zero-order chi connectivity index (χ0) is 33.1. The topological polar surface area (TPSA) is 269 Å². The van der Waals surface area contributed by atoms with Crippen LogP contribution in [0.4, 0.5) is 11.6 Å². The maximum atomic E-state index is 12.7. The summed E-state index contributed by atoms with van der Waals surface area (Å²) in [6, 6.07) is 4.89. The fraction of sp³-hybridized carbons (Fsp3) is 0.393. The number of esters is 1. The molecule has 3 atom stereocenters. The van der Waals surface area contributed by atoms with Gasteiger partial charge in [-0.25, -0.2) is 19.6 Å². The molecule has 0 aliphatic heterocycles. The average molecular weight is 627 g/mol. The minimum absolute atomic E-state index is 0.0413. The molecule has 1 aromatic carbocycles. The Labute approximate surface area is 256 Å². The number of ketones is 1. The Bertz CT molecular complexity index is 1610. The Morgan fingerprint density at radius 2 is 1.78 bits per heavy atom. The highest BCUT2D eigenvalue weighted by Gasteiger charge is 2.22. The molecule has 0 bridgehead atoms. The number of rotatable bonds is 16. The van der Waals surface area contributed by atoms with Crippen LogP contribution in [-0.4, -0.2) is 84.5 Å². The monoisotopic (exact) mass is 626 g/mol. The van der Waals surface area contributed by atoms with E-state index in [9.17, 15) is 33.9 Å². The van der Waals surface area contributed by atoms with Crippen LogP contribution in [0, 0.1) is 0 Å². The molecule has 0 spiro atoms. The van der Waals surface area contributed by atoms with Crippen molar-refractivity contribution in [3.63, 3.8) is 0 Å². The number of anilines is 2. The van der Waals surface area contributed by atoms with Crippen molar-refractivity contribution in [3.8, 4) is 0 Å². The molecule has 0 aliphatic rings. The van der Waals surface area contributed by atoms with E-state index in [-0.39, 0.29) is 67.2 Å². The minimum Gasteiger partial charge on any atom is -0.480 e. The average Bonchev–Trinajstić information content (AvgIpc) is 3.00. The van der Waals surface area contributed by atoms with Crippen LogP contribution in [0.2, 0.25) is 0 Å². The first kappa shape index (κ1) is 34.0. The SMILES string of the molecule is CC(O)C(=O)OC(C)C(=O)NCCCC(=O)CCC(NC(=O)c1ccc(NCc2cnc3nc(N)[nH]c(=O)c3n2)cc1)C(=O)O. The summed E-state index contributed by atoms with van der Waals surface area (Å²) < 4.78 is 4.77. The van der Waals surface area contributed by atoms with Gasteiger partial charge in [-0.3, -0.25) is 24.2 Å². The third-order valence-corrected chi connectivity index (χ3v) is 6.36. The third-order valence-electron chi connectivity index (χ3n) is 6.36. The van der Waals surface area contributed by atoms with Gasteiger partial charge in [0.15, 0.2) is 17.3 Å². The number of carbonyl (C=O) groups excluding carboxylic acids is 4. The molecule has 8 N–H and O–H groups in total. The highest BCUT2D eigenvalue weighted by molar-refractivity contribution is 5.97. The molecule has 2 amide bonds. The summed E-state index contributed by atoms with van der Waals surface area (Å²) in [6.45, 7) is 2.88. The first-order valence-electron chi connectivity index (χ1n) is 13.9. The number of benzene rings is 1. The molecule has 0 fully saturated rings. The number of aliphatic hydroxyl groups is 1. The summed E-state index contributed by atoms with van der Waals surface area (Å²) >= 11 is 0. The van der Waals surface area contributed by atoms with E-state index < -0.39 is 47.6 Å². The summed E-state index contributed by atoms with van der Waals surface area (Å²) in [5.74, 6) is -3.78. The lowest BCUT2D eigenvalue weighted by molar-refractivity contribution is -0.162. The fourth-order valence-corrected chi connectivity index (χ4v) is 3.88. The molecule has 17 heteroatoms. The van der Waals surface area contributed by atoms with Gasteiger partial charge in [0.2, 0.25) is 5.95 Å². The number of nitrogen functional groups attached to an aromatic ring is 1. The number of nitrogens with one attached hydrogen (secondary N) is 4. The Kier molecular flexibility index (Phi) is 12.0. The van der Waals surface area contributed by atoms with E-state index in [2.05, 4.69) is 35.9 Å². The molecule has 3 unspecified atom stereocenters. The van der Waals surface area contributed by atoms with Gasteiger partial charge in [0.25, 0.3) is 17.4 Å². The quantitative estimate of drug-likeness (QED) is 0.0791. The summed E-state index contributed by atoms with van der Waals surface area (Å²) in [4.78, 5) is 86.6. The minimum atomic E-state index is -1.36. The highest BCUT2D eigenvalue weighted by Crippen LogP contribution is 2.13. The number of aliphatic hydroxyl groups excluding tert-OH is 1. The summed E-state index contributed by atoms with van der Waals surface area (Å²) in [7, 11) is 0. The van der Waals surface area contributed by atoms with Crippen molar-refractivity contribution in [1.29, 1.82) is 0 Å². The van der Waals surface area contributed by atoms with Gasteiger partial charge in [-0.2, -0.15) is 4.98 Å². The molecule has 17 nitrogen and oxygen atoms in total. The lowest BCUT2D eigenvalue weighted by Crippen LogP contribution is -2.41. The number of carboxylic acid groups (broad SMARTS) is 1. The van der Waals surface area contributed by atoms with Gasteiger partial charge in [-0.05, 0) is 51.0 Å². The Hall–Kier alpha value is -5.45. The maximum Gasteiger partial charge on any atom is 0.335 e. The Balaban J connectivity index is 1.42. The molecular weight excluding hydrogens is 592 g/mol. The van der Waals surface area contributed by atoms with E-state index in [1.165, 1.54) is 32.2 Å². The normalized spacial score (nSPS) is 12.9. The van der Waals surface area contributed by atoms with Gasteiger partial charge >= 0.3 is 11.9 Å². The van der Waals surface area contributed by atoms with E-state index in [0.29, 0.717) is 11.4 Å². The number of aromatic nitrogens is 4. The van der Waals surface area contributed by atoms with Crippen LogP contribution in [0.25, 0.3) is 11.2 Å². The van der Waals surface area contributed by atoms with Crippen LogP contribution >= 0.6 is 0 Å². The van der Waals surface area contributed by atoms with Crippen LogP contribution in [0.5, 0.6) is 0 Å². The smallest absolute Gasteiger partial charge is 0.335 e. The zero-order valence-corrected chi connectivity index (χ0v) is 24.5. The number of H-pyrrole nitrogens is 1. The van der Waals surface area contributed by atoms with Crippen LogP contribution < -0.4 is 27.2 Å². The van der Waals surface area contributed by atoms with Crippen LogP contribution in [0.3, 0.4) is 0 Å². The van der Waals surface area contributed by atoms with Crippen molar-refractivity contribution in [2.75, 3.05) is 17.6 Å². The maximum absolute atomic E-state index is 12.7. The molecule has 3 aromatic rings. The number of amides is 2. The number of aromatic amines is 1. The molecule has 0 radical (unpaired) electrons. The number of nitrogens with zero attached hydrogens (tertiary/aromatic N) is 3. The van der Waals surface area contributed by atoms with E-state index in [0.717, 1.165) is 0 Å². The van der Waals surface area contributed by atoms with Crippen molar-refractivity contribution >= 4 is 52.3 Å². The standard InChI is InChI=1S/C28H34N8O9/c1-14(37)27(44)45-15(2)23(39)30-11-3-4-19(38)9-10-20(26(42)43)34-24(40)16-5-7-17(8-6-16)31-12-18-13-32-22-21(33-18)25(41)36-28(29)35-22/h5-8,13-15,20,31,37H,3-4,9-12H2,1-2H3,(H,30,39)(H,34,40)(H,42,43)(H3,29,32,35,36,41). The molecule has 45 heavy (non-hydrogen) atoms. The van der Waals surface area contributed by atoms with Crippen molar-refractivity contribution in [3.05, 3.63) is 52.1 Å². The highest BCUT2D eigenvalue weighted by atomic mass is 16.6. The summed E-state index contributed by atoms with van der Waals surface area (Å²) in [5.41, 5.74) is 6.42. The van der Waals surface area contributed by atoms with Crippen molar-refractivity contribution in [1.82, 2.24) is 30.6 Å². The third kappa shape index (κ3) is 10.3. The fourth-order valence-electron chi connectivity index (χ4n) is 3.88. The number of carbonyl (C=O) groups is 5. The molecule has 240 valence electrons. The second-order valence-electron chi connectivity index (χ2n) is 10.0. The van der Waals surface area contributed by atoms with Crippen LogP contribution in [0.15, 0.2) is 35.3 Å². The zero-order valence-electron chi connectivity index (χ0n) is 24.5. The predicted molar refractivity (Wildman–Crippen MR) is 159 cm³/mol. The number of fused-ring (bicyclic) bond motifs is 1. The van der Waals surface area contributed by atoms with Gasteiger partial charge in [0.1, 0.15) is 17.9 Å². The molecule has 3 rings (SSSR count). The van der Waals surface area contributed by atoms with Crippen molar-refractivity contribution in [2.24, 2.45) is 0 Å². The van der Waals surface area contributed by atoms with Gasteiger partial charge in [-0.1, -0.05) is 0 Å². The number of nitrogens with two attached hydrogens (primary N) is 1. The second kappa shape index (κ2) is 15.9. The predicted octanol–water partition coefficient (Wildman–Crippen LogP) is -0.351. The summed E-state index contributed by atoms with van der Waals surface area (Å²) in [5, 5.41) is 26.7. The van der Waals surface area contributed by atoms with Gasteiger partial charge < -0.3 is 36.6 Å². The van der Waals surface area contributed by atoms with Crippen molar-refractivity contribution < 1.29 is 38.9 Å². The van der Waals surface area contributed by atoms with Gasteiger partial charge in [-0.15, -0.1) is 0 Å². The first-order valence-corrected chi connectivity index (χ1v) is 13.9. The number of hydrogen-bond donors (Lipinski definition) is 7. The van der Waals surface area contributed by atoms with Gasteiger partial charge in [0.05, 0.1) is 18.4 Å². The molecule has 2 heterocycles. The van der Waals surface area contributed by atoms with E-state index in [1.54, 1.807) is 12.1 Å². The Morgan fingerprint density at radius 3 is 2.44 bits per heavy atom. The molecule has 0 aliphatic carbocycles. The van der Waals surface area contributed by atoms with E-state index >= 15 is 0 Å². The largest absolute Gasteiger partial charge is 0.480 e. The van der Waals surface area contributed by atoms with Crippen molar-refractivity contribution in [2.45, 2.75) is 64.3 Å². The number of ether oxygens (including phenoxy) is 1. The number of hydrogen-bond acceptors (Lipinski definition) is 13. The molecule has 0 saturated heterocycles. The molecule has 0 saturated carbocycles. The van der Waals surface area contributed by atoms with E-state index in [1.807, 2.05) is 0 Å². The molecule has 2 aromatic heterocycles. The Morgan fingerprint density at radius 1 is 1.07 bits per heavy atom. The molecular formula is C28H34N8O9. The van der Waals surface area contributed by atoms with Crippen LogP contribution in [0.1, 0.15) is 55.6 Å². The number of carboxylic acids is 1. The lowest BCUT2D eigenvalue weighted by atomic mass is 10.1. The number of Topliss-reactive ketones (excluding diaryl/α,β-unsaturated/α-hetero) is 1. The number of aliphatic carboxylic acids is 1. The van der Waals surface area contributed by atoms with Gasteiger partial charge in [0, 0.05) is 30.6 Å². The first-order chi connectivity index (χ1) is 21.3. The lowest BCUT2D eigenvalue weighted by Gasteiger charge is -2.15. The van der Waals surface area contributed by atoms with Crippen LogP contribution in [-0.2, 0) is 30.5 Å². The summed E-state index contributed by atoms with van der Waals surface area (Å²) in [6.07, 6.45) is -0.944.